The Labute approximate surface area is 246 Å². The zero-order valence-corrected chi connectivity index (χ0v) is 27.6. The molecule has 0 aliphatic carbocycles. The van der Waals surface area contributed by atoms with Gasteiger partial charge in [-0.3, -0.25) is 4.99 Å². The highest BCUT2D eigenvalue weighted by Gasteiger charge is 2.23. The topological polar surface area (TPSA) is 76.2 Å². The van der Waals surface area contributed by atoms with E-state index in [1.54, 1.807) is 0 Å². The van der Waals surface area contributed by atoms with Crippen LogP contribution in [0.3, 0.4) is 0 Å². The van der Waals surface area contributed by atoms with Gasteiger partial charge in [0.05, 0.1) is 5.69 Å². The van der Waals surface area contributed by atoms with Crippen molar-refractivity contribution in [3.8, 4) is 0 Å². The molecule has 1 aliphatic heterocycles. The molecule has 224 valence electrons. The van der Waals surface area contributed by atoms with Crippen LogP contribution < -0.4 is 11.1 Å². The molecule has 0 saturated carbocycles. The number of hydrogen-bond acceptors (Lipinski definition) is 5. The molecule has 3 rings (SSSR count). The molecule has 1 aromatic heterocycles. The number of nitrogens with zero attached hydrogens (tertiary/aromatic N) is 3. The number of benzene rings is 1. The van der Waals surface area contributed by atoms with Gasteiger partial charge < -0.3 is 11.1 Å². The van der Waals surface area contributed by atoms with Crippen molar-refractivity contribution in [1.29, 1.82) is 0 Å². The lowest BCUT2D eigenvalue weighted by Crippen LogP contribution is -2.20. The van der Waals surface area contributed by atoms with Crippen LogP contribution in [0.15, 0.2) is 47.6 Å². The number of hydrogen-bond donors (Lipinski definition) is 2. The molecule has 2 heterocycles. The fourth-order valence-electron chi connectivity index (χ4n) is 3.88. The first-order valence-corrected chi connectivity index (χ1v) is 15.1. The molecule has 5 heteroatoms. The monoisotopic (exact) mass is 549 g/mol. The summed E-state index contributed by atoms with van der Waals surface area (Å²) in [5.41, 5.74) is 14.2. The zero-order chi connectivity index (χ0) is 30.8. The molecule has 3 N–H and O–H groups in total. The Morgan fingerprint density at radius 2 is 1.60 bits per heavy atom. The molecule has 0 fully saturated rings. The summed E-state index contributed by atoms with van der Waals surface area (Å²) in [6.45, 7) is 31.7. The fraction of sp³-hybridized carbons (Fsp3) is 0.571. The second kappa shape index (κ2) is 20.0. The highest BCUT2D eigenvalue weighted by Crippen LogP contribution is 2.36. The Morgan fingerprint density at radius 1 is 0.975 bits per heavy atom. The van der Waals surface area contributed by atoms with Crippen molar-refractivity contribution in [2.75, 3.05) is 12.3 Å². The lowest BCUT2D eigenvalue weighted by Gasteiger charge is -2.18. The molecular weight excluding hydrogens is 490 g/mol. The van der Waals surface area contributed by atoms with Gasteiger partial charge in [-0.15, -0.1) is 6.58 Å². The van der Waals surface area contributed by atoms with E-state index < -0.39 is 0 Å². The number of unbranched alkanes of at least 4 members (excludes halogenated alkanes) is 2. The number of aryl methyl sites for hydroxylation is 4. The summed E-state index contributed by atoms with van der Waals surface area (Å²) in [7, 11) is 0. The van der Waals surface area contributed by atoms with E-state index in [4.69, 9.17) is 5.73 Å². The van der Waals surface area contributed by atoms with Crippen molar-refractivity contribution in [3.63, 3.8) is 0 Å². The summed E-state index contributed by atoms with van der Waals surface area (Å²) < 4.78 is 0. The Kier molecular flexibility index (Phi) is 18.5. The van der Waals surface area contributed by atoms with E-state index in [0.717, 1.165) is 42.3 Å². The number of nitrogen functional groups attached to an aromatic ring is 1. The maximum Gasteiger partial charge on any atom is 0.153 e. The smallest absolute Gasteiger partial charge is 0.153 e. The van der Waals surface area contributed by atoms with Gasteiger partial charge >= 0.3 is 0 Å². The molecule has 1 aliphatic rings. The second-order valence-corrected chi connectivity index (χ2v) is 11.3. The molecule has 40 heavy (non-hydrogen) atoms. The SMILES string of the molecule is C=C(C)C.C=C(NCC)C(C)C(C)C.CCCCCC1C=Nc2c(N)nc(C)nc21.CCc1ccc(C)c(C)c1. The van der Waals surface area contributed by atoms with Gasteiger partial charge in [-0.05, 0) is 82.9 Å². The predicted octanol–water partition coefficient (Wildman–Crippen LogP) is 9.60. The second-order valence-electron chi connectivity index (χ2n) is 11.3. The van der Waals surface area contributed by atoms with Crippen LogP contribution in [-0.4, -0.2) is 22.7 Å². The van der Waals surface area contributed by atoms with Crippen LogP contribution in [0.25, 0.3) is 0 Å². The minimum atomic E-state index is 0.338. The number of fused-ring (bicyclic) bond motifs is 1. The quantitative estimate of drug-likeness (QED) is 0.241. The highest BCUT2D eigenvalue weighted by atomic mass is 15.0. The van der Waals surface area contributed by atoms with E-state index >= 15 is 0 Å². The number of anilines is 1. The molecular formula is C35H59N5. The molecule has 0 spiro atoms. The van der Waals surface area contributed by atoms with Crippen molar-refractivity contribution in [3.05, 3.63) is 70.8 Å². The molecule has 0 amide bonds. The summed E-state index contributed by atoms with van der Waals surface area (Å²) in [5, 5.41) is 3.23. The first-order valence-electron chi connectivity index (χ1n) is 15.1. The highest BCUT2D eigenvalue weighted by molar-refractivity contribution is 5.83. The van der Waals surface area contributed by atoms with Gasteiger partial charge in [0.1, 0.15) is 11.5 Å². The van der Waals surface area contributed by atoms with Crippen LogP contribution in [0.5, 0.6) is 0 Å². The summed E-state index contributed by atoms with van der Waals surface area (Å²) in [6, 6.07) is 6.64. The number of nitrogens with one attached hydrogen (secondary N) is 1. The van der Waals surface area contributed by atoms with E-state index in [1.165, 1.54) is 41.5 Å². The molecule has 0 bridgehead atoms. The number of rotatable bonds is 9. The third-order valence-electron chi connectivity index (χ3n) is 6.84. The molecule has 0 radical (unpaired) electrons. The first-order chi connectivity index (χ1) is 18.8. The minimum Gasteiger partial charge on any atom is -0.389 e. The van der Waals surface area contributed by atoms with Crippen LogP contribution in [0.2, 0.25) is 0 Å². The van der Waals surface area contributed by atoms with Gasteiger partial charge in [0.2, 0.25) is 0 Å². The van der Waals surface area contributed by atoms with E-state index in [-0.39, 0.29) is 0 Å². The first kappa shape index (κ1) is 37.0. The van der Waals surface area contributed by atoms with Crippen molar-refractivity contribution in [2.45, 2.75) is 114 Å². The normalized spacial score (nSPS) is 13.6. The van der Waals surface area contributed by atoms with Gasteiger partial charge in [0.25, 0.3) is 0 Å². The zero-order valence-electron chi connectivity index (χ0n) is 27.6. The number of aromatic nitrogens is 2. The third-order valence-corrected chi connectivity index (χ3v) is 6.84. The van der Waals surface area contributed by atoms with Crippen LogP contribution in [0, 0.1) is 32.6 Å². The predicted molar refractivity (Wildman–Crippen MR) is 179 cm³/mol. The summed E-state index contributed by atoms with van der Waals surface area (Å²) in [4.78, 5) is 12.9. The van der Waals surface area contributed by atoms with E-state index in [9.17, 15) is 0 Å². The average Bonchev–Trinajstić information content (AvgIpc) is 3.29. The largest absolute Gasteiger partial charge is 0.389 e. The summed E-state index contributed by atoms with van der Waals surface area (Å²) in [5.74, 6) is 2.86. The number of allylic oxidation sites excluding steroid dienone is 2. The van der Waals surface area contributed by atoms with Crippen molar-refractivity contribution in [1.82, 2.24) is 15.3 Å². The summed E-state index contributed by atoms with van der Waals surface area (Å²) >= 11 is 0. The van der Waals surface area contributed by atoms with Crippen LogP contribution in [0.4, 0.5) is 11.5 Å². The molecule has 1 aromatic carbocycles. The lowest BCUT2D eigenvalue weighted by molar-refractivity contribution is 0.456. The molecule has 2 unspecified atom stereocenters. The van der Waals surface area contributed by atoms with Gasteiger partial charge in [-0.2, -0.15) is 0 Å². The fourth-order valence-corrected chi connectivity index (χ4v) is 3.88. The molecule has 5 nitrogen and oxygen atoms in total. The third kappa shape index (κ3) is 14.4. The van der Waals surface area contributed by atoms with Gasteiger partial charge in [0.15, 0.2) is 5.82 Å². The maximum absolute atomic E-state index is 5.82. The van der Waals surface area contributed by atoms with E-state index in [0.29, 0.717) is 23.6 Å². The van der Waals surface area contributed by atoms with E-state index in [2.05, 4.69) is 107 Å². The average molecular weight is 550 g/mol. The van der Waals surface area contributed by atoms with Crippen molar-refractivity contribution >= 4 is 17.7 Å². The summed E-state index contributed by atoms with van der Waals surface area (Å²) in [6.07, 6.45) is 7.93. The molecule has 2 aromatic rings. The Balaban J connectivity index is 0.000000556. The van der Waals surface area contributed by atoms with Crippen LogP contribution >= 0.6 is 0 Å². The minimum absolute atomic E-state index is 0.338. The van der Waals surface area contributed by atoms with Crippen LogP contribution in [-0.2, 0) is 6.42 Å². The number of aliphatic imine (C=N–C) groups is 1. The maximum atomic E-state index is 5.82. The van der Waals surface area contributed by atoms with Gasteiger partial charge in [0, 0.05) is 24.4 Å². The van der Waals surface area contributed by atoms with Crippen LogP contribution in [0.1, 0.15) is 115 Å². The molecule has 0 saturated heterocycles. The van der Waals surface area contributed by atoms with E-state index in [1.807, 2.05) is 27.0 Å². The standard InChI is InChI=1S/C12H18N4.C10H14.C9H19N.C4H8/c1-3-4-5-6-9-7-14-11-10(9)15-8(2)16-12(11)13;1-4-10-6-5-8(2)9(3)7-10;1-6-10-9(5)8(4)7(2)3;1-4(2)3/h7,9H,3-6H2,1-2H3,(H2,13,15,16);5-7H,4H2,1-3H3;7-8,10H,5-6H2,1-4H3;1H2,2-3H3. The van der Waals surface area contributed by atoms with Gasteiger partial charge in [-0.1, -0.05) is 84.2 Å². The Morgan fingerprint density at radius 3 is 2.10 bits per heavy atom. The Bertz CT molecular complexity index is 1060. The van der Waals surface area contributed by atoms with Crippen molar-refractivity contribution < 1.29 is 0 Å². The van der Waals surface area contributed by atoms with Gasteiger partial charge in [-0.25, -0.2) is 9.97 Å². The van der Waals surface area contributed by atoms with Crippen molar-refractivity contribution in [2.24, 2.45) is 16.8 Å². The number of nitrogens with two attached hydrogens (primary N) is 1. The Hall–Kier alpha value is -2.95. The lowest BCUT2D eigenvalue weighted by atomic mass is 9.95. The molecule has 2 atom stereocenters.